The molecule has 2 fully saturated rings. The van der Waals surface area contributed by atoms with Gasteiger partial charge in [-0.1, -0.05) is 24.8 Å². The van der Waals surface area contributed by atoms with E-state index in [0.717, 1.165) is 61.1 Å². The summed E-state index contributed by atoms with van der Waals surface area (Å²) in [6.07, 6.45) is 8.33. The van der Waals surface area contributed by atoms with E-state index in [2.05, 4.69) is 43.5 Å². The Kier molecular flexibility index (Phi) is 8.26. The summed E-state index contributed by atoms with van der Waals surface area (Å²) in [5, 5.41) is 6.38. The van der Waals surface area contributed by atoms with E-state index in [-0.39, 0.29) is 17.5 Å². The average Bonchev–Trinajstić information content (AvgIpc) is 3.57. The molecule has 0 saturated carbocycles. The minimum absolute atomic E-state index is 0.0440. The van der Waals surface area contributed by atoms with Crippen LogP contribution < -0.4 is 15.5 Å². The highest BCUT2D eigenvalue weighted by Crippen LogP contribution is 2.38. The van der Waals surface area contributed by atoms with Crippen LogP contribution in [0.3, 0.4) is 0 Å². The number of rotatable bonds is 8. The van der Waals surface area contributed by atoms with Crippen molar-refractivity contribution in [1.82, 2.24) is 24.8 Å². The van der Waals surface area contributed by atoms with Gasteiger partial charge in [-0.2, -0.15) is 0 Å². The number of amides is 2. The first-order valence-corrected chi connectivity index (χ1v) is 14.0. The molecule has 3 aliphatic rings. The van der Waals surface area contributed by atoms with E-state index in [9.17, 15) is 9.59 Å². The van der Waals surface area contributed by atoms with Crippen molar-refractivity contribution < 1.29 is 9.59 Å². The van der Waals surface area contributed by atoms with Crippen molar-refractivity contribution in [3.05, 3.63) is 83.9 Å². The molecule has 2 N–H and O–H groups in total. The predicted molar refractivity (Wildman–Crippen MR) is 152 cm³/mol. The third-order valence-corrected chi connectivity index (χ3v) is 8.01. The molecule has 1 aromatic heterocycles. The Morgan fingerprint density at radius 2 is 1.92 bits per heavy atom. The Balaban J connectivity index is 1.34. The van der Waals surface area contributed by atoms with Gasteiger partial charge in [0.25, 0.3) is 5.91 Å². The van der Waals surface area contributed by atoms with Crippen LogP contribution in [0, 0.1) is 0 Å². The van der Waals surface area contributed by atoms with Crippen LogP contribution in [0.1, 0.15) is 35.8 Å². The zero-order valence-electron chi connectivity index (χ0n) is 21.8. The van der Waals surface area contributed by atoms with Crippen molar-refractivity contribution >= 4 is 35.3 Å². The molecule has 0 aliphatic carbocycles. The Labute approximate surface area is 228 Å². The maximum absolute atomic E-state index is 13.3. The summed E-state index contributed by atoms with van der Waals surface area (Å²) in [6, 6.07) is 11.4. The van der Waals surface area contributed by atoms with Gasteiger partial charge < -0.3 is 15.5 Å². The topological polar surface area (TPSA) is 80.8 Å². The first-order valence-electron chi connectivity index (χ1n) is 13.2. The molecule has 4 heterocycles. The summed E-state index contributed by atoms with van der Waals surface area (Å²) in [5.41, 5.74) is 3.69. The van der Waals surface area contributed by atoms with Gasteiger partial charge in [-0.05, 0) is 73.7 Å². The maximum Gasteiger partial charge on any atom is 0.274 e. The first kappa shape index (κ1) is 26.2. The monoisotopic (exact) mass is 530 g/mol. The highest BCUT2D eigenvalue weighted by Gasteiger charge is 2.30. The van der Waals surface area contributed by atoms with E-state index in [4.69, 9.17) is 0 Å². The van der Waals surface area contributed by atoms with Crippen LogP contribution in [0.25, 0.3) is 0 Å². The number of nitrogens with zero attached hydrogens (tertiary/aromatic N) is 4. The third-order valence-electron chi connectivity index (χ3n) is 6.92. The summed E-state index contributed by atoms with van der Waals surface area (Å²) in [4.78, 5) is 36.0. The third kappa shape index (κ3) is 5.70. The molecule has 2 aromatic rings. The predicted octanol–water partition coefficient (Wildman–Crippen LogP) is 4.01. The van der Waals surface area contributed by atoms with Gasteiger partial charge in [0.1, 0.15) is 11.5 Å². The van der Waals surface area contributed by atoms with E-state index >= 15 is 0 Å². The number of hydrogen-bond donors (Lipinski definition) is 2. The number of benzene rings is 1. The van der Waals surface area contributed by atoms with Gasteiger partial charge in [0.15, 0.2) is 0 Å². The van der Waals surface area contributed by atoms with Gasteiger partial charge in [-0.15, -0.1) is 0 Å². The summed E-state index contributed by atoms with van der Waals surface area (Å²) in [7, 11) is 0. The lowest BCUT2D eigenvalue weighted by molar-refractivity contribution is -0.116. The lowest BCUT2D eigenvalue weighted by Crippen LogP contribution is -2.44. The van der Waals surface area contributed by atoms with Gasteiger partial charge >= 0.3 is 0 Å². The maximum atomic E-state index is 13.3. The normalized spacial score (nSPS) is 18.6. The van der Waals surface area contributed by atoms with Crippen molar-refractivity contribution in [2.75, 3.05) is 44.2 Å². The van der Waals surface area contributed by atoms with Crippen LogP contribution in [0.4, 0.5) is 11.5 Å². The van der Waals surface area contributed by atoms with Crippen molar-refractivity contribution in [2.24, 2.45) is 0 Å². The molecule has 0 unspecified atom stereocenters. The molecule has 9 heteroatoms. The molecule has 198 valence electrons. The second kappa shape index (κ2) is 12.0. The van der Waals surface area contributed by atoms with E-state index in [1.807, 2.05) is 25.1 Å². The second-order valence-corrected chi connectivity index (χ2v) is 10.7. The molecule has 2 amide bonds. The quantitative estimate of drug-likeness (QED) is 0.394. The van der Waals surface area contributed by atoms with E-state index in [1.54, 1.807) is 41.1 Å². The summed E-state index contributed by atoms with van der Waals surface area (Å²) >= 11 is 1.76. The number of aromatic nitrogens is 1. The molecule has 0 radical (unpaired) electrons. The molecule has 1 aromatic carbocycles. The Hall–Kier alpha value is -3.40. The molecule has 0 spiro atoms. The number of piperazine rings is 1. The van der Waals surface area contributed by atoms with Gasteiger partial charge in [-0.25, -0.2) is 9.29 Å². The number of fused-ring (bicyclic) bond motifs is 1. The van der Waals surface area contributed by atoms with Crippen LogP contribution in [-0.4, -0.2) is 65.3 Å². The molecule has 3 aliphatic heterocycles. The van der Waals surface area contributed by atoms with Gasteiger partial charge in [0.2, 0.25) is 5.91 Å². The Bertz CT molecular complexity index is 1280. The SMILES string of the molecule is C=C/C=C(\C(=C/C)NC(=O)c1cccc(N2C(=O)Cc3cc(SN4CCCC4)ccc32)n1)N1CCNCC1. The summed E-state index contributed by atoms with van der Waals surface area (Å²) in [5.74, 6) is 0.0825. The largest absolute Gasteiger partial charge is 0.367 e. The number of allylic oxidation sites excluding steroid dienone is 3. The molecule has 0 atom stereocenters. The van der Waals surface area contributed by atoms with E-state index < -0.39 is 0 Å². The van der Waals surface area contributed by atoms with Gasteiger partial charge in [-0.3, -0.25) is 14.5 Å². The van der Waals surface area contributed by atoms with Crippen molar-refractivity contribution in [1.29, 1.82) is 0 Å². The number of anilines is 2. The average molecular weight is 531 g/mol. The van der Waals surface area contributed by atoms with Crippen LogP contribution >= 0.6 is 11.9 Å². The fourth-order valence-electron chi connectivity index (χ4n) is 5.06. The molecule has 8 nitrogen and oxygen atoms in total. The van der Waals surface area contributed by atoms with Crippen LogP contribution in [0.5, 0.6) is 0 Å². The lowest BCUT2D eigenvalue weighted by atomic mass is 10.2. The minimum atomic E-state index is -0.325. The second-order valence-electron chi connectivity index (χ2n) is 9.49. The first-order chi connectivity index (χ1) is 18.6. The van der Waals surface area contributed by atoms with Gasteiger partial charge in [0, 0.05) is 44.2 Å². The van der Waals surface area contributed by atoms with E-state index in [0.29, 0.717) is 17.9 Å². The van der Waals surface area contributed by atoms with Crippen molar-refractivity contribution in [2.45, 2.75) is 31.1 Å². The number of pyridine rings is 1. The zero-order chi connectivity index (χ0) is 26.5. The standard InChI is InChI=1S/C29H34N6O2S/c1-3-8-26(33-17-13-30-14-18-33)23(4-2)32-29(37)24-9-7-10-27(31-24)35-25-12-11-22(19-21(25)20-28(35)36)38-34-15-5-6-16-34/h3-4,7-12,19,30H,1,5-6,13-18,20H2,2H3,(H,32,37)/b23-4+,26-8+. The summed E-state index contributed by atoms with van der Waals surface area (Å²) < 4.78 is 2.37. The van der Waals surface area contributed by atoms with Crippen molar-refractivity contribution in [3.63, 3.8) is 0 Å². The lowest BCUT2D eigenvalue weighted by Gasteiger charge is -2.32. The van der Waals surface area contributed by atoms with Crippen LogP contribution in [0.2, 0.25) is 0 Å². The molecule has 5 rings (SSSR count). The smallest absolute Gasteiger partial charge is 0.274 e. The summed E-state index contributed by atoms with van der Waals surface area (Å²) in [6.45, 7) is 11.4. The number of nitrogens with one attached hydrogen (secondary N) is 2. The fraction of sp³-hybridized carbons (Fsp3) is 0.345. The molecular formula is C29H34N6O2S. The van der Waals surface area contributed by atoms with Crippen molar-refractivity contribution in [3.8, 4) is 0 Å². The minimum Gasteiger partial charge on any atom is -0.367 e. The fourth-order valence-corrected chi connectivity index (χ4v) is 6.12. The van der Waals surface area contributed by atoms with Crippen LogP contribution in [0.15, 0.2) is 77.5 Å². The van der Waals surface area contributed by atoms with Crippen LogP contribution in [-0.2, 0) is 11.2 Å². The number of carbonyl (C=O) groups is 2. The highest BCUT2D eigenvalue weighted by molar-refractivity contribution is 7.97. The molecule has 0 bridgehead atoms. The zero-order valence-corrected chi connectivity index (χ0v) is 22.6. The highest BCUT2D eigenvalue weighted by atomic mass is 32.2. The molecule has 38 heavy (non-hydrogen) atoms. The van der Waals surface area contributed by atoms with Gasteiger partial charge in [0.05, 0.1) is 23.5 Å². The Morgan fingerprint density at radius 1 is 1.13 bits per heavy atom. The molecular weight excluding hydrogens is 496 g/mol. The number of carbonyl (C=O) groups excluding carboxylic acids is 2. The molecule has 2 saturated heterocycles. The van der Waals surface area contributed by atoms with E-state index in [1.165, 1.54) is 12.8 Å². The number of hydrogen-bond acceptors (Lipinski definition) is 7. The Morgan fingerprint density at radius 3 is 2.66 bits per heavy atom.